The van der Waals surface area contributed by atoms with Gasteiger partial charge in [-0.2, -0.15) is 5.10 Å². The van der Waals surface area contributed by atoms with Crippen LogP contribution in [0.4, 0.5) is 11.4 Å². The molecule has 0 aliphatic carbocycles. The minimum absolute atomic E-state index is 0.664. The minimum Gasteiger partial charge on any atom is -0.396 e. The predicted molar refractivity (Wildman–Crippen MR) is 66.5 cm³/mol. The van der Waals surface area contributed by atoms with Crippen molar-refractivity contribution in [1.82, 2.24) is 19.7 Å². The SMILES string of the molecule is CCn1ncnc1CN(C)c1ccncc1N. The number of nitrogens with zero attached hydrogens (tertiary/aromatic N) is 5. The van der Waals surface area contributed by atoms with Gasteiger partial charge in [0.25, 0.3) is 0 Å². The first-order valence-electron chi connectivity index (χ1n) is 5.49. The smallest absolute Gasteiger partial charge is 0.146 e. The van der Waals surface area contributed by atoms with Gasteiger partial charge in [0, 0.05) is 19.8 Å². The molecule has 0 amide bonds. The molecule has 0 saturated heterocycles. The Bertz CT molecular complexity index is 492. The topological polar surface area (TPSA) is 72.9 Å². The highest BCUT2D eigenvalue weighted by Gasteiger charge is 2.09. The summed E-state index contributed by atoms with van der Waals surface area (Å²) in [4.78, 5) is 10.2. The fraction of sp³-hybridized carbons (Fsp3) is 0.364. The summed E-state index contributed by atoms with van der Waals surface area (Å²) in [6.07, 6.45) is 4.95. The van der Waals surface area contributed by atoms with Gasteiger partial charge < -0.3 is 10.6 Å². The average molecular weight is 232 g/mol. The summed E-state index contributed by atoms with van der Waals surface area (Å²) in [5.74, 6) is 0.922. The summed E-state index contributed by atoms with van der Waals surface area (Å²) in [6.45, 7) is 3.52. The van der Waals surface area contributed by atoms with Crippen molar-refractivity contribution in [2.75, 3.05) is 17.7 Å². The zero-order valence-corrected chi connectivity index (χ0v) is 10.0. The van der Waals surface area contributed by atoms with Crippen LogP contribution in [-0.4, -0.2) is 26.8 Å². The van der Waals surface area contributed by atoms with E-state index in [2.05, 4.69) is 15.1 Å². The van der Waals surface area contributed by atoms with E-state index >= 15 is 0 Å². The molecular formula is C11H16N6. The molecule has 0 bridgehead atoms. The molecule has 6 heteroatoms. The molecule has 0 fully saturated rings. The second-order valence-electron chi connectivity index (χ2n) is 3.78. The Kier molecular flexibility index (Phi) is 3.22. The van der Waals surface area contributed by atoms with Gasteiger partial charge in [-0.05, 0) is 13.0 Å². The second-order valence-corrected chi connectivity index (χ2v) is 3.78. The number of hydrogen-bond acceptors (Lipinski definition) is 5. The maximum Gasteiger partial charge on any atom is 0.146 e. The van der Waals surface area contributed by atoms with Crippen LogP contribution in [0.2, 0.25) is 0 Å². The van der Waals surface area contributed by atoms with Crippen molar-refractivity contribution in [2.45, 2.75) is 20.0 Å². The quantitative estimate of drug-likeness (QED) is 0.848. The summed E-state index contributed by atoms with van der Waals surface area (Å²) in [7, 11) is 1.97. The summed E-state index contributed by atoms with van der Waals surface area (Å²) in [5, 5.41) is 4.14. The highest BCUT2D eigenvalue weighted by Crippen LogP contribution is 2.20. The Hall–Kier alpha value is -2.11. The van der Waals surface area contributed by atoms with Crippen LogP contribution in [-0.2, 0) is 13.1 Å². The van der Waals surface area contributed by atoms with Gasteiger partial charge in [-0.3, -0.25) is 4.98 Å². The molecule has 2 rings (SSSR count). The molecule has 17 heavy (non-hydrogen) atoms. The maximum absolute atomic E-state index is 5.87. The minimum atomic E-state index is 0.664. The van der Waals surface area contributed by atoms with Crippen molar-refractivity contribution < 1.29 is 0 Å². The van der Waals surface area contributed by atoms with Crippen LogP contribution in [0.5, 0.6) is 0 Å². The first-order chi connectivity index (χ1) is 8.22. The molecule has 0 aliphatic heterocycles. The second kappa shape index (κ2) is 4.82. The number of hydrogen-bond donors (Lipinski definition) is 1. The van der Waals surface area contributed by atoms with E-state index in [9.17, 15) is 0 Å². The van der Waals surface area contributed by atoms with Crippen LogP contribution in [0.1, 0.15) is 12.7 Å². The van der Waals surface area contributed by atoms with Crippen LogP contribution < -0.4 is 10.6 Å². The molecule has 2 aromatic rings. The molecule has 0 unspecified atom stereocenters. The summed E-state index contributed by atoms with van der Waals surface area (Å²) in [5.41, 5.74) is 7.49. The number of nitrogen functional groups attached to an aromatic ring is 1. The number of aryl methyl sites for hydroxylation is 1. The molecular weight excluding hydrogens is 216 g/mol. The molecule has 0 saturated carbocycles. The molecule has 6 nitrogen and oxygen atoms in total. The van der Waals surface area contributed by atoms with Gasteiger partial charge >= 0.3 is 0 Å². The van der Waals surface area contributed by atoms with Crippen LogP contribution in [0.25, 0.3) is 0 Å². The number of nitrogens with two attached hydrogens (primary N) is 1. The van der Waals surface area contributed by atoms with E-state index in [0.717, 1.165) is 18.1 Å². The maximum atomic E-state index is 5.87. The van der Waals surface area contributed by atoms with E-state index in [0.29, 0.717) is 12.2 Å². The van der Waals surface area contributed by atoms with Crippen LogP contribution in [0.3, 0.4) is 0 Å². The lowest BCUT2D eigenvalue weighted by atomic mass is 10.3. The lowest BCUT2D eigenvalue weighted by molar-refractivity contribution is 0.610. The van der Waals surface area contributed by atoms with Crippen LogP contribution in [0, 0.1) is 0 Å². The normalized spacial score (nSPS) is 10.5. The Labute approximate surface area is 100 Å². The summed E-state index contributed by atoms with van der Waals surface area (Å²) >= 11 is 0. The first-order valence-corrected chi connectivity index (χ1v) is 5.49. The van der Waals surface area contributed by atoms with Crippen molar-refractivity contribution in [3.8, 4) is 0 Å². The number of anilines is 2. The van der Waals surface area contributed by atoms with Crippen molar-refractivity contribution in [1.29, 1.82) is 0 Å². The van der Waals surface area contributed by atoms with E-state index in [1.165, 1.54) is 0 Å². The standard InChI is InChI=1S/C11H16N6/c1-3-17-11(14-8-15-17)7-16(2)10-4-5-13-6-9(10)12/h4-6,8H,3,7,12H2,1-2H3. The molecule has 90 valence electrons. The van der Waals surface area contributed by atoms with Gasteiger partial charge in [-0.15, -0.1) is 0 Å². The molecule has 0 spiro atoms. The van der Waals surface area contributed by atoms with Gasteiger partial charge in [0.2, 0.25) is 0 Å². The zero-order chi connectivity index (χ0) is 12.3. The van der Waals surface area contributed by atoms with E-state index in [4.69, 9.17) is 5.73 Å². The monoisotopic (exact) mass is 232 g/mol. The van der Waals surface area contributed by atoms with Gasteiger partial charge in [-0.1, -0.05) is 0 Å². The van der Waals surface area contributed by atoms with E-state index < -0.39 is 0 Å². The van der Waals surface area contributed by atoms with E-state index in [-0.39, 0.29) is 0 Å². The lowest BCUT2D eigenvalue weighted by Crippen LogP contribution is -2.21. The third-order valence-electron chi connectivity index (χ3n) is 2.61. The lowest BCUT2D eigenvalue weighted by Gasteiger charge is -2.20. The molecule has 0 aromatic carbocycles. The molecule has 0 radical (unpaired) electrons. The highest BCUT2D eigenvalue weighted by molar-refractivity contribution is 5.65. The third kappa shape index (κ3) is 2.35. The molecule has 2 N–H and O–H groups in total. The van der Waals surface area contributed by atoms with Crippen molar-refractivity contribution in [3.63, 3.8) is 0 Å². The van der Waals surface area contributed by atoms with Crippen LogP contribution in [0.15, 0.2) is 24.8 Å². The fourth-order valence-corrected chi connectivity index (χ4v) is 1.72. The Morgan fingerprint density at radius 3 is 3.00 bits per heavy atom. The third-order valence-corrected chi connectivity index (χ3v) is 2.61. The molecule has 2 aromatic heterocycles. The van der Waals surface area contributed by atoms with Gasteiger partial charge in [0.05, 0.1) is 24.1 Å². The Morgan fingerprint density at radius 1 is 1.47 bits per heavy atom. The van der Waals surface area contributed by atoms with Gasteiger partial charge in [0.1, 0.15) is 12.2 Å². The van der Waals surface area contributed by atoms with Gasteiger partial charge in [0.15, 0.2) is 0 Å². The molecule has 0 atom stereocenters. The summed E-state index contributed by atoms with van der Waals surface area (Å²) < 4.78 is 1.87. The van der Waals surface area contributed by atoms with Crippen molar-refractivity contribution in [2.24, 2.45) is 0 Å². The average Bonchev–Trinajstić information content (AvgIpc) is 2.76. The Morgan fingerprint density at radius 2 is 2.29 bits per heavy atom. The predicted octanol–water partition coefficient (Wildman–Crippen LogP) is 0.912. The zero-order valence-electron chi connectivity index (χ0n) is 10.0. The fourth-order valence-electron chi connectivity index (χ4n) is 1.72. The number of pyridine rings is 1. The number of aromatic nitrogens is 4. The molecule has 2 heterocycles. The molecule has 0 aliphatic rings. The first kappa shape index (κ1) is 11.4. The largest absolute Gasteiger partial charge is 0.396 e. The highest BCUT2D eigenvalue weighted by atomic mass is 15.3. The van der Waals surface area contributed by atoms with Gasteiger partial charge in [-0.25, -0.2) is 9.67 Å². The summed E-state index contributed by atoms with van der Waals surface area (Å²) in [6, 6.07) is 1.89. The number of rotatable bonds is 4. The van der Waals surface area contributed by atoms with Crippen molar-refractivity contribution >= 4 is 11.4 Å². The van der Waals surface area contributed by atoms with E-state index in [1.54, 1.807) is 18.7 Å². The van der Waals surface area contributed by atoms with E-state index in [1.807, 2.05) is 29.6 Å². The Balaban J connectivity index is 2.17. The van der Waals surface area contributed by atoms with Crippen LogP contribution >= 0.6 is 0 Å². The van der Waals surface area contributed by atoms with Crippen molar-refractivity contribution in [3.05, 3.63) is 30.6 Å².